The van der Waals surface area contributed by atoms with Gasteiger partial charge in [-0.1, -0.05) is 61.9 Å². The third kappa shape index (κ3) is 5.20. The van der Waals surface area contributed by atoms with Crippen LogP contribution in [0.1, 0.15) is 65.1 Å². The van der Waals surface area contributed by atoms with E-state index in [-0.39, 0.29) is 35.3 Å². The Balaban J connectivity index is 1.36. The quantitative estimate of drug-likeness (QED) is 0.279. The number of allylic oxidation sites excluding steroid dienone is 2. The fourth-order valence-corrected chi connectivity index (χ4v) is 7.04. The smallest absolute Gasteiger partial charge is 0.455 e. The summed E-state index contributed by atoms with van der Waals surface area (Å²) in [4.78, 5) is 32.1. The van der Waals surface area contributed by atoms with E-state index in [0.29, 0.717) is 36.7 Å². The van der Waals surface area contributed by atoms with Crippen LogP contribution in [0.4, 0.5) is 0 Å². The number of nitrogens with zero attached hydrogens (tertiary/aromatic N) is 1. The fourth-order valence-electron chi connectivity index (χ4n) is 7.04. The van der Waals surface area contributed by atoms with Crippen molar-refractivity contribution in [2.45, 2.75) is 45.5 Å². The van der Waals surface area contributed by atoms with Crippen molar-refractivity contribution in [3.63, 3.8) is 0 Å². The molecule has 0 saturated carbocycles. The molecule has 6 rings (SSSR count). The van der Waals surface area contributed by atoms with E-state index in [4.69, 9.17) is 4.65 Å². The van der Waals surface area contributed by atoms with E-state index in [0.717, 1.165) is 22.4 Å². The van der Waals surface area contributed by atoms with Crippen molar-refractivity contribution in [3.8, 4) is 5.75 Å². The minimum absolute atomic E-state index is 0.00440. The molecule has 3 aliphatic rings. The van der Waals surface area contributed by atoms with Gasteiger partial charge in [0.1, 0.15) is 5.75 Å². The highest BCUT2D eigenvalue weighted by Crippen LogP contribution is 2.52. The summed E-state index contributed by atoms with van der Waals surface area (Å²) in [5, 5.41) is 20.7. The van der Waals surface area contributed by atoms with Crippen LogP contribution < -0.4 is 0 Å². The number of fused-ring (bicyclic) bond motifs is 4. The topological polar surface area (TPSA) is 96.7 Å². The van der Waals surface area contributed by atoms with Crippen LogP contribution in [0.3, 0.4) is 0 Å². The second-order valence-corrected chi connectivity index (χ2v) is 11.7. The summed E-state index contributed by atoms with van der Waals surface area (Å²) in [5.74, 6) is -0.716. The van der Waals surface area contributed by atoms with Gasteiger partial charge in [-0.3, -0.25) is 14.6 Å². The second kappa shape index (κ2) is 11.2. The summed E-state index contributed by atoms with van der Waals surface area (Å²) in [7, 11) is -1.01. The van der Waals surface area contributed by atoms with Gasteiger partial charge >= 0.3 is 7.12 Å². The van der Waals surface area contributed by atoms with Crippen LogP contribution in [-0.4, -0.2) is 39.9 Å². The molecule has 7 heteroatoms. The van der Waals surface area contributed by atoms with E-state index < -0.39 is 19.0 Å². The van der Waals surface area contributed by atoms with Crippen LogP contribution in [0.5, 0.6) is 5.75 Å². The molecule has 1 aliphatic heterocycles. The maximum Gasteiger partial charge on any atom is 0.455 e. The highest BCUT2D eigenvalue weighted by molar-refractivity contribution is 6.43. The van der Waals surface area contributed by atoms with Gasteiger partial charge in [0, 0.05) is 29.2 Å². The summed E-state index contributed by atoms with van der Waals surface area (Å²) in [6, 6.07) is 20.0. The maximum absolute atomic E-state index is 13.9. The Labute approximate surface area is 240 Å². The van der Waals surface area contributed by atoms with E-state index in [2.05, 4.69) is 24.9 Å². The Bertz CT molecular complexity index is 1530. The lowest BCUT2D eigenvalue weighted by atomic mass is 9.53. The molecule has 41 heavy (non-hydrogen) atoms. The summed E-state index contributed by atoms with van der Waals surface area (Å²) < 4.78 is 6.22. The predicted molar refractivity (Wildman–Crippen MR) is 159 cm³/mol. The first-order chi connectivity index (χ1) is 19.8. The number of phenols is 1. The molecular formula is C34H34BNO5. The van der Waals surface area contributed by atoms with Gasteiger partial charge in [0.05, 0.1) is 11.8 Å². The SMILES string of the molecule is CC(C)C1=C2[C@@H](CC/C(=C/c3ccc(O)cc3)c3ccccn3)OB(O)C[C@@H]2[C@@H]2C(=O)c3ccccc3C(=O)[C@@H]2C1. The van der Waals surface area contributed by atoms with Crippen LogP contribution in [0.25, 0.3) is 11.6 Å². The fraction of sp³-hybridized carbons (Fsp3) is 0.324. The van der Waals surface area contributed by atoms with Gasteiger partial charge in [0.15, 0.2) is 11.6 Å². The van der Waals surface area contributed by atoms with Crippen molar-refractivity contribution >= 4 is 30.3 Å². The number of carbonyl (C=O) groups excluding carboxylic acids is 2. The van der Waals surface area contributed by atoms with Gasteiger partial charge in [-0.25, -0.2) is 0 Å². The Morgan fingerprint density at radius 3 is 2.39 bits per heavy atom. The summed E-state index contributed by atoms with van der Waals surface area (Å²) in [5.41, 5.74) is 6.09. The molecule has 2 heterocycles. The Morgan fingerprint density at radius 2 is 1.71 bits per heavy atom. The molecule has 208 valence electrons. The largest absolute Gasteiger partial charge is 0.508 e. The van der Waals surface area contributed by atoms with Crippen molar-refractivity contribution in [1.29, 1.82) is 0 Å². The number of hydrogen-bond acceptors (Lipinski definition) is 6. The van der Waals surface area contributed by atoms with Crippen molar-refractivity contribution in [3.05, 3.63) is 106 Å². The molecule has 0 bridgehead atoms. The zero-order valence-electron chi connectivity index (χ0n) is 23.4. The molecule has 2 aromatic carbocycles. The van der Waals surface area contributed by atoms with Crippen LogP contribution in [0, 0.1) is 23.7 Å². The average molecular weight is 547 g/mol. The average Bonchev–Trinajstić information content (AvgIpc) is 2.98. The van der Waals surface area contributed by atoms with Gasteiger partial charge in [-0.15, -0.1) is 0 Å². The molecule has 1 aromatic heterocycles. The molecule has 1 saturated heterocycles. The van der Waals surface area contributed by atoms with E-state index in [1.165, 1.54) is 5.57 Å². The van der Waals surface area contributed by atoms with Crippen molar-refractivity contribution < 1.29 is 24.4 Å². The molecular weight excluding hydrogens is 513 g/mol. The molecule has 1 fully saturated rings. The standard InChI is InChI=1S/C34H34BNO5/c1-20(2)26-18-27-32(34(39)25-8-4-3-7-24(25)33(27)38)28-19-35(40)41-30(31(26)28)15-12-22(29-9-5-6-16-36-29)17-21-10-13-23(37)14-11-21/h3-11,13-14,16-17,20,27-28,30,32,37,40H,12,15,18-19H2,1-2H3/b22-17-/t27-,28+,30-,32-/m1/s1. The lowest BCUT2D eigenvalue weighted by Crippen LogP contribution is -2.51. The minimum atomic E-state index is -1.01. The molecule has 0 amide bonds. The number of carbonyl (C=O) groups is 2. The second-order valence-electron chi connectivity index (χ2n) is 11.7. The third-order valence-electron chi connectivity index (χ3n) is 8.90. The Hall–Kier alpha value is -3.81. The van der Waals surface area contributed by atoms with E-state index >= 15 is 0 Å². The first kappa shape index (κ1) is 27.4. The first-order valence-corrected chi connectivity index (χ1v) is 14.5. The van der Waals surface area contributed by atoms with E-state index in [1.54, 1.807) is 30.5 Å². The highest BCUT2D eigenvalue weighted by Gasteiger charge is 2.53. The minimum Gasteiger partial charge on any atom is -0.508 e. The molecule has 0 spiro atoms. The number of aromatic hydroxyl groups is 1. The van der Waals surface area contributed by atoms with Gasteiger partial charge in [-0.2, -0.15) is 0 Å². The number of aromatic nitrogens is 1. The van der Waals surface area contributed by atoms with Crippen LogP contribution in [0.15, 0.2) is 84.1 Å². The predicted octanol–water partition coefficient (Wildman–Crippen LogP) is 6.27. The van der Waals surface area contributed by atoms with Crippen molar-refractivity contribution in [2.24, 2.45) is 23.7 Å². The van der Waals surface area contributed by atoms with E-state index in [1.807, 2.05) is 42.5 Å². The van der Waals surface area contributed by atoms with E-state index in [9.17, 15) is 19.7 Å². The zero-order chi connectivity index (χ0) is 28.7. The van der Waals surface area contributed by atoms with Crippen LogP contribution in [-0.2, 0) is 4.65 Å². The Kier molecular flexibility index (Phi) is 7.49. The molecule has 3 aromatic rings. The molecule has 2 aliphatic carbocycles. The molecule has 6 nitrogen and oxygen atoms in total. The number of benzene rings is 2. The van der Waals surface area contributed by atoms with Gasteiger partial charge in [0.2, 0.25) is 0 Å². The van der Waals surface area contributed by atoms with Crippen molar-refractivity contribution in [1.82, 2.24) is 4.98 Å². The number of rotatable bonds is 6. The number of ketones is 2. The van der Waals surface area contributed by atoms with Crippen LogP contribution >= 0.6 is 0 Å². The molecule has 4 atom stereocenters. The molecule has 0 radical (unpaired) electrons. The lowest BCUT2D eigenvalue weighted by Gasteiger charge is -2.48. The monoisotopic (exact) mass is 547 g/mol. The normalized spacial score (nSPS) is 24.3. The Morgan fingerprint density at radius 1 is 1.00 bits per heavy atom. The zero-order valence-corrected chi connectivity index (χ0v) is 23.4. The van der Waals surface area contributed by atoms with Crippen molar-refractivity contribution in [2.75, 3.05) is 0 Å². The highest BCUT2D eigenvalue weighted by atomic mass is 16.5. The molecule has 0 unspecified atom stereocenters. The summed E-state index contributed by atoms with van der Waals surface area (Å²) in [6.45, 7) is 4.27. The summed E-state index contributed by atoms with van der Waals surface area (Å²) >= 11 is 0. The third-order valence-corrected chi connectivity index (χ3v) is 8.90. The van der Waals surface area contributed by atoms with Crippen LogP contribution in [0.2, 0.25) is 6.32 Å². The first-order valence-electron chi connectivity index (χ1n) is 14.5. The van der Waals surface area contributed by atoms with Gasteiger partial charge < -0.3 is 14.8 Å². The maximum atomic E-state index is 13.9. The molecule has 2 N–H and O–H groups in total. The van der Waals surface area contributed by atoms with Gasteiger partial charge in [0.25, 0.3) is 0 Å². The number of pyridine rings is 1. The number of hydrogen-bond donors (Lipinski definition) is 2. The lowest BCUT2D eigenvalue weighted by molar-refractivity contribution is 0.0594. The van der Waals surface area contributed by atoms with Gasteiger partial charge in [-0.05, 0) is 84.5 Å². The number of phenolic OH excluding ortho intramolecular Hbond substituents is 1. The number of Topliss-reactive ketones (excluding diaryl/α,β-unsaturated/α-hetero) is 2. The summed E-state index contributed by atoms with van der Waals surface area (Å²) in [6.07, 6.45) is 5.51.